The summed E-state index contributed by atoms with van der Waals surface area (Å²) in [5.74, 6) is -1.23. The number of carbonyl (C=O) groups is 1. The number of ether oxygens (including phenoxy) is 1. The highest BCUT2D eigenvalue weighted by Crippen LogP contribution is 2.28. The van der Waals surface area contributed by atoms with Gasteiger partial charge in [0.15, 0.2) is 0 Å². The first kappa shape index (κ1) is 13.1. The molecule has 0 unspecified atom stereocenters. The van der Waals surface area contributed by atoms with Crippen LogP contribution in [0, 0.1) is 5.82 Å². The van der Waals surface area contributed by atoms with E-state index in [1.165, 1.54) is 12.1 Å². The summed E-state index contributed by atoms with van der Waals surface area (Å²) >= 11 is 0. The Morgan fingerprint density at radius 3 is 2.48 bits per heavy atom. The van der Waals surface area contributed by atoms with Gasteiger partial charge in [-0.05, 0) is 41.1 Å². The van der Waals surface area contributed by atoms with Crippen molar-refractivity contribution < 1.29 is 19.0 Å². The monoisotopic (exact) mass is 282 g/mol. The Hall–Kier alpha value is -2.88. The zero-order chi connectivity index (χ0) is 14.8. The second kappa shape index (κ2) is 5.25. The van der Waals surface area contributed by atoms with Crippen molar-refractivity contribution in [2.24, 2.45) is 0 Å². The Morgan fingerprint density at radius 2 is 1.71 bits per heavy atom. The molecule has 0 aromatic heterocycles. The Labute approximate surface area is 120 Å². The van der Waals surface area contributed by atoms with Gasteiger partial charge in [-0.15, -0.1) is 0 Å². The third kappa shape index (κ3) is 2.69. The van der Waals surface area contributed by atoms with E-state index in [0.717, 1.165) is 16.8 Å². The lowest BCUT2D eigenvalue weighted by atomic mass is 10.1. The van der Waals surface area contributed by atoms with Gasteiger partial charge in [0.1, 0.15) is 22.9 Å². The summed E-state index contributed by atoms with van der Waals surface area (Å²) in [5.41, 5.74) is -0.205. The Bertz CT molecular complexity index is 827. The first-order valence-corrected chi connectivity index (χ1v) is 6.33. The van der Waals surface area contributed by atoms with Crippen molar-refractivity contribution in [3.8, 4) is 11.5 Å². The molecular formula is C17H11FO3. The number of fused-ring (bicyclic) bond motifs is 1. The van der Waals surface area contributed by atoms with Crippen molar-refractivity contribution in [3.63, 3.8) is 0 Å². The van der Waals surface area contributed by atoms with Crippen molar-refractivity contribution >= 4 is 16.7 Å². The van der Waals surface area contributed by atoms with Crippen molar-refractivity contribution in [2.75, 3.05) is 0 Å². The lowest BCUT2D eigenvalue weighted by Gasteiger charge is -2.09. The molecule has 0 fully saturated rings. The molecule has 3 rings (SSSR count). The van der Waals surface area contributed by atoms with Crippen LogP contribution in [0.1, 0.15) is 10.4 Å². The number of carboxylic acids is 1. The molecule has 0 atom stereocenters. The Morgan fingerprint density at radius 1 is 0.952 bits per heavy atom. The number of halogens is 1. The Kier molecular flexibility index (Phi) is 3.28. The van der Waals surface area contributed by atoms with Gasteiger partial charge in [-0.25, -0.2) is 9.18 Å². The minimum atomic E-state index is -1.23. The fraction of sp³-hybridized carbons (Fsp3) is 0. The molecule has 0 saturated heterocycles. The van der Waals surface area contributed by atoms with Crippen molar-refractivity contribution in [3.05, 3.63) is 72.0 Å². The molecule has 21 heavy (non-hydrogen) atoms. The molecular weight excluding hydrogens is 271 g/mol. The van der Waals surface area contributed by atoms with E-state index in [1.807, 2.05) is 36.4 Å². The molecule has 0 amide bonds. The summed E-state index contributed by atoms with van der Waals surface area (Å²) in [6.07, 6.45) is 0. The summed E-state index contributed by atoms with van der Waals surface area (Å²) < 4.78 is 18.7. The van der Waals surface area contributed by atoms with E-state index in [9.17, 15) is 9.18 Å². The Balaban J connectivity index is 2.00. The van der Waals surface area contributed by atoms with Crippen molar-refractivity contribution in [2.45, 2.75) is 0 Å². The number of benzene rings is 3. The molecule has 0 heterocycles. The molecule has 0 radical (unpaired) electrons. The van der Waals surface area contributed by atoms with Crippen LogP contribution in [0.15, 0.2) is 60.7 Å². The molecule has 0 aliphatic carbocycles. The van der Waals surface area contributed by atoms with Crippen molar-refractivity contribution in [1.29, 1.82) is 0 Å². The van der Waals surface area contributed by atoms with Crippen LogP contribution in [0.2, 0.25) is 0 Å². The fourth-order valence-corrected chi connectivity index (χ4v) is 2.12. The van der Waals surface area contributed by atoms with Gasteiger partial charge in [0.05, 0.1) is 0 Å². The summed E-state index contributed by atoms with van der Waals surface area (Å²) in [6.45, 7) is 0. The van der Waals surface area contributed by atoms with Crippen LogP contribution in [-0.2, 0) is 0 Å². The molecule has 3 aromatic carbocycles. The number of hydrogen-bond donors (Lipinski definition) is 1. The SMILES string of the molecule is O=C(O)c1cc(F)ccc1Oc1ccc2ccccc2c1. The molecule has 0 spiro atoms. The van der Waals surface area contributed by atoms with Crippen LogP contribution < -0.4 is 4.74 Å². The van der Waals surface area contributed by atoms with E-state index in [4.69, 9.17) is 9.84 Å². The third-order valence-corrected chi connectivity index (χ3v) is 3.12. The zero-order valence-electron chi connectivity index (χ0n) is 10.9. The highest BCUT2D eigenvalue weighted by molar-refractivity contribution is 5.91. The number of carboxylic acid groups (broad SMARTS) is 1. The van der Waals surface area contributed by atoms with E-state index in [1.54, 1.807) is 6.07 Å². The van der Waals surface area contributed by atoms with Crippen LogP contribution >= 0.6 is 0 Å². The normalized spacial score (nSPS) is 10.5. The zero-order valence-corrected chi connectivity index (χ0v) is 10.9. The van der Waals surface area contributed by atoms with E-state index >= 15 is 0 Å². The molecule has 0 aliphatic rings. The molecule has 0 saturated carbocycles. The van der Waals surface area contributed by atoms with Crippen LogP contribution in [0.5, 0.6) is 11.5 Å². The van der Waals surface area contributed by atoms with Crippen LogP contribution in [0.3, 0.4) is 0 Å². The van der Waals surface area contributed by atoms with Gasteiger partial charge >= 0.3 is 5.97 Å². The maximum atomic E-state index is 13.1. The van der Waals surface area contributed by atoms with Crippen LogP contribution in [0.4, 0.5) is 4.39 Å². The number of rotatable bonds is 3. The highest BCUT2D eigenvalue weighted by Gasteiger charge is 2.13. The minimum absolute atomic E-state index is 0.110. The summed E-state index contributed by atoms with van der Waals surface area (Å²) in [6, 6.07) is 16.6. The maximum absolute atomic E-state index is 13.1. The number of aromatic carboxylic acids is 1. The van der Waals surface area contributed by atoms with Gasteiger partial charge in [0.2, 0.25) is 0 Å². The molecule has 0 bridgehead atoms. The van der Waals surface area contributed by atoms with E-state index < -0.39 is 11.8 Å². The largest absolute Gasteiger partial charge is 0.478 e. The van der Waals surface area contributed by atoms with Gasteiger partial charge in [-0.3, -0.25) is 0 Å². The van der Waals surface area contributed by atoms with E-state index in [0.29, 0.717) is 5.75 Å². The highest BCUT2D eigenvalue weighted by atomic mass is 19.1. The summed E-state index contributed by atoms with van der Waals surface area (Å²) in [5, 5.41) is 11.1. The molecule has 1 N–H and O–H groups in total. The second-order valence-electron chi connectivity index (χ2n) is 4.56. The molecule has 3 aromatic rings. The predicted octanol–water partition coefficient (Wildman–Crippen LogP) is 4.47. The topological polar surface area (TPSA) is 46.5 Å². The first-order valence-electron chi connectivity index (χ1n) is 6.33. The average molecular weight is 282 g/mol. The van der Waals surface area contributed by atoms with Crippen molar-refractivity contribution in [1.82, 2.24) is 0 Å². The number of hydrogen-bond acceptors (Lipinski definition) is 2. The predicted molar refractivity (Wildman–Crippen MR) is 77.4 cm³/mol. The van der Waals surface area contributed by atoms with Crippen LogP contribution in [0.25, 0.3) is 10.8 Å². The fourth-order valence-electron chi connectivity index (χ4n) is 2.12. The average Bonchev–Trinajstić information content (AvgIpc) is 2.49. The molecule has 3 nitrogen and oxygen atoms in total. The molecule has 4 heteroatoms. The van der Waals surface area contributed by atoms with E-state index in [2.05, 4.69) is 0 Å². The second-order valence-corrected chi connectivity index (χ2v) is 4.56. The lowest BCUT2D eigenvalue weighted by Crippen LogP contribution is -2.00. The summed E-state index contributed by atoms with van der Waals surface area (Å²) in [4.78, 5) is 11.1. The maximum Gasteiger partial charge on any atom is 0.339 e. The minimum Gasteiger partial charge on any atom is -0.478 e. The quantitative estimate of drug-likeness (QED) is 0.771. The first-order chi connectivity index (χ1) is 10.1. The molecule has 104 valence electrons. The van der Waals surface area contributed by atoms with Crippen LogP contribution in [-0.4, -0.2) is 11.1 Å². The van der Waals surface area contributed by atoms with Gasteiger partial charge in [0.25, 0.3) is 0 Å². The summed E-state index contributed by atoms with van der Waals surface area (Å²) in [7, 11) is 0. The van der Waals surface area contributed by atoms with Gasteiger partial charge in [0, 0.05) is 0 Å². The molecule has 0 aliphatic heterocycles. The standard InChI is InChI=1S/C17H11FO3/c18-13-6-8-16(15(10-13)17(19)20)21-14-7-5-11-3-1-2-4-12(11)9-14/h1-10H,(H,19,20). The third-order valence-electron chi connectivity index (χ3n) is 3.12. The van der Waals surface area contributed by atoms with Gasteiger partial charge < -0.3 is 9.84 Å². The smallest absolute Gasteiger partial charge is 0.339 e. The lowest BCUT2D eigenvalue weighted by molar-refractivity contribution is 0.0693. The van der Waals surface area contributed by atoms with E-state index in [-0.39, 0.29) is 11.3 Å². The van der Waals surface area contributed by atoms with Gasteiger partial charge in [-0.1, -0.05) is 30.3 Å². The van der Waals surface area contributed by atoms with Gasteiger partial charge in [-0.2, -0.15) is 0 Å².